The molecule has 108 valence electrons. The van der Waals surface area contributed by atoms with Crippen molar-refractivity contribution in [2.24, 2.45) is 0 Å². The number of amides is 1. The van der Waals surface area contributed by atoms with Crippen molar-refractivity contribution in [3.8, 4) is 11.3 Å². The molecule has 0 spiro atoms. The molecule has 21 heavy (non-hydrogen) atoms. The Hall–Kier alpha value is -2.01. The van der Waals surface area contributed by atoms with E-state index in [4.69, 9.17) is 4.98 Å². The molecule has 1 fully saturated rings. The van der Waals surface area contributed by atoms with Gasteiger partial charge < -0.3 is 4.90 Å². The second kappa shape index (κ2) is 6.18. The maximum absolute atomic E-state index is 11.6. The van der Waals surface area contributed by atoms with Crippen LogP contribution < -0.4 is 0 Å². The summed E-state index contributed by atoms with van der Waals surface area (Å²) in [4.78, 5) is 22.2. The van der Waals surface area contributed by atoms with Crippen LogP contribution in [0.15, 0.2) is 42.6 Å². The summed E-state index contributed by atoms with van der Waals surface area (Å²) in [6.45, 7) is 5.13. The highest BCUT2D eigenvalue weighted by atomic mass is 32.1. The molecule has 0 aromatic carbocycles. The second-order valence-electron chi connectivity index (χ2n) is 5.11. The zero-order chi connectivity index (χ0) is 14.7. The van der Waals surface area contributed by atoms with Gasteiger partial charge in [0.25, 0.3) is 0 Å². The topological polar surface area (TPSA) is 46.1 Å². The van der Waals surface area contributed by atoms with Crippen molar-refractivity contribution in [3.63, 3.8) is 0 Å². The molecule has 0 bridgehead atoms. The third-order valence-corrected chi connectivity index (χ3v) is 4.84. The van der Waals surface area contributed by atoms with Crippen molar-refractivity contribution in [3.05, 3.63) is 47.6 Å². The number of hydrogen-bond donors (Lipinski definition) is 0. The molecule has 1 aliphatic heterocycles. The number of nitrogens with zero attached hydrogens (tertiary/aromatic N) is 3. The van der Waals surface area contributed by atoms with E-state index in [2.05, 4.69) is 16.9 Å². The van der Waals surface area contributed by atoms with Crippen LogP contribution in [0.5, 0.6) is 0 Å². The van der Waals surface area contributed by atoms with Crippen molar-refractivity contribution in [2.75, 3.05) is 13.1 Å². The SMILES string of the molecule is C=CC(=O)N1CCC(c2nc(-c3ccncc3)cs2)CC1. The zero-order valence-electron chi connectivity index (χ0n) is 11.7. The monoisotopic (exact) mass is 299 g/mol. The number of pyridine rings is 1. The summed E-state index contributed by atoms with van der Waals surface area (Å²) < 4.78 is 0. The first-order valence-electron chi connectivity index (χ1n) is 7.05. The number of thiazole rings is 1. The number of carbonyl (C=O) groups excluding carboxylic acids is 1. The smallest absolute Gasteiger partial charge is 0.245 e. The fourth-order valence-electron chi connectivity index (χ4n) is 2.61. The van der Waals surface area contributed by atoms with E-state index in [1.807, 2.05) is 17.0 Å². The Balaban J connectivity index is 1.68. The molecule has 2 aromatic rings. The Morgan fingerprint density at radius 1 is 1.33 bits per heavy atom. The number of piperidine rings is 1. The van der Waals surface area contributed by atoms with Crippen LogP contribution in [0.2, 0.25) is 0 Å². The van der Waals surface area contributed by atoms with E-state index in [1.165, 1.54) is 11.1 Å². The molecular formula is C16H17N3OS. The molecule has 2 aromatic heterocycles. The van der Waals surface area contributed by atoms with E-state index in [0.29, 0.717) is 5.92 Å². The lowest BCUT2D eigenvalue weighted by atomic mass is 9.97. The average Bonchev–Trinajstić information content (AvgIpc) is 3.05. The van der Waals surface area contributed by atoms with E-state index in [1.54, 1.807) is 23.7 Å². The Morgan fingerprint density at radius 2 is 2.05 bits per heavy atom. The minimum Gasteiger partial charge on any atom is -0.339 e. The molecule has 0 unspecified atom stereocenters. The molecule has 0 N–H and O–H groups in total. The van der Waals surface area contributed by atoms with Gasteiger partial charge in [0.05, 0.1) is 10.7 Å². The minimum absolute atomic E-state index is 0.0325. The highest BCUT2D eigenvalue weighted by Crippen LogP contribution is 2.32. The molecule has 1 aliphatic rings. The van der Waals surface area contributed by atoms with E-state index in [0.717, 1.165) is 37.2 Å². The van der Waals surface area contributed by atoms with E-state index in [9.17, 15) is 4.79 Å². The molecule has 0 radical (unpaired) electrons. The third-order valence-electron chi connectivity index (χ3n) is 3.83. The molecule has 0 atom stereocenters. The van der Waals surface area contributed by atoms with Gasteiger partial charge in [-0.2, -0.15) is 0 Å². The van der Waals surface area contributed by atoms with E-state index < -0.39 is 0 Å². The fourth-order valence-corrected chi connectivity index (χ4v) is 3.61. The summed E-state index contributed by atoms with van der Waals surface area (Å²) in [5.74, 6) is 0.490. The van der Waals surface area contributed by atoms with Crippen LogP contribution in [0.25, 0.3) is 11.3 Å². The van der Waals surface area contributed by atoms with Gasteiger partial charge in [0, 0.05) is 42.3 Å². The summed E-state index contributed by atoms with van der Waals surface area (Å²) in [6, 6.07) is 3.95. The Labute approximate surface area is 128 Å². The molecule has 1 saturated heterocycles. The normalized spacial score (nSPS) is 15.9. The van der Waals surface area contributed by atoms with Gasteiger partial charge in [0.1, 0.15) is 0 Å². The van der Waals surface area contributed by atoms with Gasteiger partial charge >= 0.3 is 0 Å². The minimum atomic E-state index is 0.0325. The van der Waals surface area contributed by atoms with Crippen LogP contribution in [0.1, 0.15) is 23.8 Å². The van der Waals surface area contributed by atoms with Crippen LogP contribution in [0, 0.1) is 0 Å². The Kier molecular flexibility index (Phi) is 4.10. The predicted octanol–water partition coefficient (Wildman–Crippen LogP) is 3.10. The van der Waals surface area contributed by atoms with Crippen molar-refractivity contribution in [2.45, 2.75) is 18.8 Å². The quantitative estimate of drug-likeness (QED) is 0.818. The second-order valence-corrected chi connectivity index (χ2v) is 6.00. The molecule has 0 aliphatic carbocycles. The molecule has 5 heteroatoms. The Bertz CT molecular complexity index is 630. The predicted molar refractivity (Wildman–Crippen MR) is 84.1 cm³/mol. The third kappa shape index (κ3) is 3.03. The fraction of sp³-hybridized carbons (Fsp3) is 0.312. The average molecular weight is 299 g/mol. The van der Waals surface area contributed by atoms with Gasteiger partial charge in [-0.25, -0.2) is 4.98 Å². The molecule has 0 saturated carbocycles. The standard InChI is InChI=1S/C16H17N3OS/c1-2-15(20)19-9-5-13(6-10-19)16-18-14(11-21-16)12-3-7-17-8-4-12/h2-4,7-8,11,13H,1,5-6,9-10H2. The van der Waals surface area contributed by atoms with Gasteiger partial charge in [0.2, 0.25) is 5.91 Å². The maximum atomic E-state index is 11.6. The van der Waals surface area contributed by atoms with Gasteiger partial charge in [-0.3, -0.25) is 9.78 Å². The number of aromatic nitrogens is 2. The summed E-state index contributed by atoms with van der Waals surface area (Å²) in [7, 11) is 0. The highest BCUT2D eigenvalue weighted by Gasteiger charge is 2.24. The maximum Gasteiger partial charge on any atom is 0.245 e. The summed E-state index contributed by atoms with van der Waals surface area (Å²) in [5, 5.41) is 3.28. The number of hydrogen-bond acceptors (Lipinski definition) is 4. The number of likely N-dealkylation sites (tertiary alicyclic amines) is 1. The van der Waals surface area contributed by atoms with Gasteiger partial charge in [0.15, 0.2) is 0 Å². The van der Waals surface area contributed by atoms with Gasteiger partial charge in [-0.15, -0.1) is 11.3 Å². The van der Waals surface area contributed by atoms with Crippen molar-refractivity contribution in [1.82, 2.24) is 14.9 Å². The molecule has 3 heterocycles. The molecular weight excluding hydrogens is 282 g/mol. The van der Waals surface area contributed by atoms with Crippen LogP contribution in [0.3, 0.4) is 0 Å². The first-order chi connectivity index (χ1) is 10.3. The van der Waals surface area contributed by atoms with Crippen LogP contribution in [0.4, 0.5) is 0 Å². The lowest BCUT2D eigenvalue weighted by Crippen LogP contribution is -2.36. The lowest BCUT2D eigenvalue weighted by Gasteiger charge is -2.30. The Morgan fingerprint density at radius 3 is 2.71 bits per heavy atom. The number of rotatable bonds is 3. The van der Waals surface area contributed by atoms with Crippen molar-refractivity contribution < 1.29 is 4.79 Å². The number of carbonyl (C=O) groups is 1. The largest absolute Gasteiger partial charge is 0.339 e. The first-order valence-corrected chi connectivity index (χ1v) is 7.93. The molecule has 3 rings (SSSR count). The first kappa shape index (κ1) is 13.9. The van der Waals surface area contributed by atoms with Gasteiger partial charge in [-0.05, 0) is 31.1 Å². The van der Waals surface area contributed by atoms with E-state index in [-0.39, 0.29) is 5.91 Å². The van der Waals surface area contributed by atoms with Crippen LogP contribution in [-0.2, 0) is 4.79 Å². The summed E-state index contributed by atoms with van der Waals surface area (Å²) in [5.41, 5.74) is 2.12. The zero-order valence-corrected chi connectivity index (χ0v) is 12.6. The molecule has 1 amide bonds. The van der Waals surface area contributed by atoms with Crippen molar-refractivity contribution in [1.29, 1.82) is 0 Å². The molecule has 4 nitrogen and oxygen atoms in total. The summed E-state index contributed by atoms with van der Waals surface area (Å²) >= 11 is 1.71. The van der Waals surface area contributed by atoms with E-state index >= 15 is 0 Å². The highest BCUT2D eigenvalue weighted by molar-refractivity contribution is 7.10. The van der Waals surface area contributed by atoms with Gasteiger partial charge in [-0.1, -0.05) is 6.58 Å². The van der Waals surface area contributed by atoms with Crippen molar-refractivity contribution >= 4 is 17.2 Å². The summed E-state index contributed by atoms with van der Waals surface area (Å²) in [6.07, 6.45) is 6.92. The van der Waals surface area contributed by atoms with Crippen LogP contribution >= 0.6 is 11.3 Å². The lowest BCUT2D eigenvalue weighted by molar-refractivity contribution is -0.127. The van der Waals surface area contributed by atoms with Crippen LogP contribution in [-0.4, -0.2) is 33.9 Å².